The summed E-state index contributed by atoms with van der Waals surface area (Å²) in [4.78, 5) is 0. The molecule has 0 saturated heterocycles. The predicted molar refractivity (Wildman–Crippen MR) is 68.7 cm³/mol. The van der Waals surface area contributed by atoms with E-state index < -0.39 is 0 Å². The molecule has 1 aromatic heterocycles. The smallest absolute Gasteiger partial charge is 0.0624 e. The van der Waals surface area contributed by atoms with Crippen LogP contribution in [0.4, 0.5) is 0 Å². The summed E-state index contributed by atoms with van der Waals surface area (Å²) in [6, 6.07) is 2.19. The lowest BCUT2D eigenvalue weighted by molar-refractivity contribution is 0.719. The number of nitrogens with zero attached hydrogens (tertiary/aromatic N) is 2. The number of aryl methyl sites for hydroxylation is 2. The molecule has 0 aromatic carbocycles. The highest BCUT2D eigenvalue weighted by molar-refractivity contribution is 7.99. The van der Waals surface area contributed by atoms with Gasteiger partial charge in [0.1, 0.15) is 0 Å². The van der Waals surface area contributed by atoms with Crippen molar-refractivity contribution in [3.05, 3.63) is 17.5 Å². The Labute approximate surface area is 101 Å². The molecule has 1 atom stereocenters. The first-order valence-electron chi connectivity index (χ1n) is 5.36. The lowest BCUT2D eigenvalue weighted by Gasteiger charge is -2.08. The van der Waals surface area contributed by atoms with E-state index in [2.05, 4.69) is 25.0 Å². The van der Waals surface area contributed by atoms with Crippen LogP contribution >= 0.6 is 23.4 Å². The first kappa shape index (κ1) is 12.9. The molecule has 15 heavy (non-hydrogen) atoms. The second-order valence-corrected chi connectivity index (χ2v) is 5.51. The largest absolute Gasteiger partial charge is 0.272 e. The van der Waals surface area contributed by atoms with Crippen LogP contribution in [0.5, 0.6) is 0 Å². The normalized spacial score (nSPS) is 13.1. The van der Waals surface area contributed by atoms with E-state index >= 15 is 0 Å². The van der Waals surface area contributed by atoms with Crippen LogP contribution in [0, 0.1) is 0 Å². The van der Waals surface area contributed by atoms with E-state index in [1.165, 1.54) is 11.4 Å². The quantitative estimate of drug-likeness (QED) is 0.718. The first-order valence-corrected chi connectivity index (χ1v) is 6.95. The highest BCUT2D eigenvalue weighted by atomic mass is 35.5. The van der Waals surface area contributed by atoms with Gasteiger partial charge in [0.25, 0.3) is 0 Å². The Kier molecular flexibility index (Phi) is 5.54. The molecule has 0 aliphatic heterocycles. The van der Waals surface area contributed by atoms with Crippen LogP contribution in [0.1, 0.15) is 31.7 Å². The third-order valence-corrected chi connectivity index (χ3v) is 3.91. The molecule has 86 valence electrons. The Balaban J connectivity index is 2.46. The third-order valence-electron chi connectivity index (χ3n) is 2.42. The molecular weight excluding hydrogens is 228 g/mol. The summed E-state index contributed by atoms with van der Waals surface area (Å²) in [6.07, 6.45) is 2.08. The van der Waals surface area contributed by atoms with Crippen molar-refractivity contribution in [1.82, 2.24) is 9.78 Å². The lowest BCUT2D eigenvalue weighted by Crippen LogP contribution is -2.01. The van der Waals surface area contributed by atoms with Gasteiger partial charge in [-0.2, -0.15) is 16.9 Å². The molecule has 0 saturated carbocycles. The molecule has 0 radical (unpaired) electrons. The highest BCUT2D eigenvalue weighted by Crippen LogP contribution is 2.20. The molecule has 2 nitrogen and oxygen atoms in total. The fourth-order valence-electron chi connectivity index (χ4n) is 1.34. The minimum Gasteiger partial charge on any atom is -0.272 e. The summed E-state index contributed by atoms with van der Waals surface area (Å²) < 4.78 is 1.99. The minimum absolute atomic E-state index is 0.627. The zero-order valence-corrected chi connectivity index (χ0v) is 11.2. The van der Waals surface area contributed by atoms with E-state index in [0.717, 1.165) is 24.5 Å². The second-order valence-electron chi connectivity index (χ2n) is 3.70. The Morgan fingerprint density at radius 2 is 2.33 bits per heavy atom. The lowest BCUT2D eigenvalue weighted by atomic mass is 10.3. The van der Waals surface area contributed by atoms with Crippen LogP contribution in [-0.2, 0) is 19.2 Å². The zero-order valence-electron chi connectivity index (χ0n) is 9.66. The van der Waals surface area contributed by atoms with Gasteiger partial charge in [0.05, 0.1) is 5.69 Å². The Morgan fingerprint density at radius 3 is 2.87 bits per heavy atom. The molecule has 1 aromatic rings. The SMILES string of the molecule is CCc1cc(CSC(C)CCCl)n(C)n1. The van der Waals surface area contributed by atoms with Crippen molar-refractivity contribution >= 4 is 23.4 Å². The molecule has 0 aliphatic carbocycles. The average Bonchev–Trinajstić information content (AvgIpc) is 2.57. The van der Waals surface area contributed by atoms with Crippen molar-refractivity contribution in [2.75, 3.05) is 5.88 Å². The van der Waals surface area contributed by atoms with Gasteiger partial charge in [-0.05, 0) is 18.9 Å². The van der Waals surface area contributed by atoms with Crippen LogP contribution in [0.2, 0.25) is 0 Å². The van der Waals surface area contributed by atoms with Crippen molar-refractivity contribution in [2.24, 2.45) is 7.05 Å². The first-order chi connectivity index (χ1) is 7.17. The van der Waals surface area contributed by atoms with E-state index in [4.69, 9.17) is 11.6 Å². The van der Waals surface area contributed by atoms with E-state index in [0.29, 0.717) is 5.25 Å². The molecule has 0 fully saturated rings. The third kappa shape index (κ3) is 4.07. The van der Waals surface area contributed by atoms with Gasteiger partial charge in [0, 0.05) is 29.6 Å². The summed E-state index contributed by atoms with van der Waals surface area (Å²) in [7, 11) is 2.02. The van der Waals surface area contributed by atoms with Crippen LogP contribution < -0.4 is 0 Å². The summed E-state index contributed by atoms with van der Waals surface area (Å²) in [6.45, 7) is 4.36. The molecule has 0 amide bonds. The van der Waals surface area contributed by atoms with Crippen molar-refractivity contribution in [3.63, 3.8) is 0 Å². The molecule has 0 aliphatic rings. The standard InChI is InChI=1S/C11H19ClN2S/c1-4-10-7-11(14(3)13-10)8-15-9(2)5-6-12/h7,9H,4-6,8H2,1-3H3. The molecule has 1 heterocycles. The Hall–Kier alpha value is -0.150. The predicted octanol–water partition coefficient (Wildman–Crippen LogP) is 3.23. The zero-order chi connectivity index (χ0) is 11.3. The van der Waals surface area contributed by atoms with E-state index in [1.54, 1.807) is 0 Å². The molecule has 0 spiro atoms. The highest BCUT2D eigenvalue weighted by Gasteiger charge is 2.06. The minimum atomic E-state index is 0.627. The monoisotopic (exact) mass is 246 g/mol. The van der Waals surface area contributed by atoms with Gasteiger partial charge < -0.3 is 0 Å². The van der Waals surface area contributed by atoms with Crippen molar-refractivity contribution in [1.29, 1.82) is 0 Å². The fourth-order valence-corrected chi connectivity index (χ4v) is 2.81. The van der Waals surface area contributed by atoms with Gasteiger partial charge in [0.2, 0.25) is 0 Å². The number of rotatable bonds is 6. The molecule has 0 N–H and O–H groups in total. The maximum atomic E-state index is 5.71. The summed E-state index contributed by atoms with van der Waals surface area (Å²) in [5.41, 5.74) is 2.48. The van der Waals surface area contributed by atoms with Gasteiger partial charge in [0.15, 0.2) is 0 Å². The summed E-state index contributed by atoms with van der Waals surface area (Å²) in [5, 5.41) is 5.06. The topological polar surface area (TPSA) is 17.8 Å². The fraction of sp³-hybridized carbons (Fsp3) is 0.727. The van der Waals surface area contributed by atoms with Crippen LogP contribution in [0.25, 0.3) is 0 Å². The number of hydrogen-bond donors (Lipinski definition) is 0. The van der Waals surface area contributed by atoms with Crippen LogP contribution in [-0.4, -0.2) is 20.9 Å². The van der Waals surface area contributed by atoms with Gasteiger partial charge in [-0.3, -0.25) is 4.68 Å². The molecule has 1 unspecified atom stereocenters. The van der Waals surface area contributed by atoms with E-state index in [9.17, 15) is 0 Å². The maximum Gasteiger partial charge on any atom is 0.0624 e. The maximum absolute atomic E-state index is 5.71. The number of alkyl halides is 1. The van der Waals surface area contributed by atoms with Crippen molar-refractivity contribution < 1.29 is 0 Å². The van der Waals surface area contributed by atoms with Crippen LogP contribution in [0.3, 0.4) is 0 Å². The van der Waals surface area contributed by atoms with Gasteiger partial charge in [-0.1, -0.05) is 13.8 Å². The Bertz CT molecular complexity index is 299. The van der Waals surface area contributed by atoms with Gasteiger partial charge >= 0.3 is 0 Å². The Morgan fingerprint density at radius 1 is 1.60 bits per heavy atom. The van der Waals surface area contributed by atoms with Gasteiger partial charge in [-0.25, -0.2) is 0 Å². The van der Waals surface area contributed by atoms with Crippen molar-refractivity contribution in [2.45, 2.75) is 37.7 Å². The van der Waals surface area contributed by atoms with E-state index in [1.807, 2.05) is 23.5 Å². The molecule has 1 rings (SSSR count). The van der Waals surface area contributed by atoms with E-state index in [-0.39, 0.29) is 0 Å². The number of thioether (sulfide) groups is 1. The van der Waals surface area contributed by atoms with Crippen molar-refractivity contribution in [3.8, 4) is 0 Å². The summed E-state index contributed by atoms with van der Waals surface area (Å²) >= 11 is 7.65. The second kappa shape index (κ2) is 6.44. The number of hydrogen-bond acceptors (Lipinski definition) is 2. The average molecular weight is 247 g/mol. The molecule has 4 heteroatoms. The molecular formula is C11H19ClN2S. The van der Waals surface area contributed by atoms with Crippen LogP contribution in [0.15, 0.2) is 6.07 Å². The van der Waals surface area contributed by atoms with Gasteiger partial charge in [-0.15, -0.1) is 11.6 Å². The number of aromatic nitrogens is 2. The number of halogens is 1. The molecule has 0 bridgehead atoms. The summed E-state index contributed by atoms with van der Waals surface area (Å²) in [5.74, 6) is 1.78.